The van der Waals surface area contributed by atoms with Gasteiger partial charge < -0.3 is 19.6 Å². The van der Waals surface area contributed by atoms with E-state index in [0.717, 1.165) is 44.8 Å². The van der Waals surface area contributed by atoms with Crippen molar-refractivity contribution in [3.8, 4) is 0 Å². The monoisotopic (exact) mass is 310 g/mol. The average Bonchev–Trinajstić information content (AvgIpc) is 3.26. The van der Waals surface area contributed by atoms with Crippen LogP contribution in [-0.4, -0.2) is 72.9 Å². The van der Waals surface area contributed by atoms with Crippen molar-refractivity contribution in [2.75, 3.05) is 46.5 Å². The zero-order chi connectivity index (χ0) is 15.8. The molecule has 126 valence electrons. The number of rotatable bonds is 5. The van der Waals surface area contributed by atoms with Crippen molar-refractivity contribution in [1.29, 1.82) is 0 Å². The molecule has 1 amide bonds. The molecule has 0 radical (unpaired) electrons. The normalized spacial score (nSPS) is 31.9. The number of hydrogen-bond donors (Lipinski definition) is 1. The minimum atomic E-state index is -0.422. The van der Waals surface area contributed by atoms with Gasteiger partial charge in [0, 0.05) is 20.2 Å². The van der Waals surface area contributed by atoms with Crippen LogP contribution in [0, 0.1) is 11.3 Å². The van der Waals surface area contributed by atoms with Crippen LogP contribution in [0.1, 0.15) is 39.0 Å². The number of nitrogens with zero attached hydrogens (tertiary/aromatic N) is 2. The molecule has 0 aromatic carbocycles. The molecule has 1 N–H and O–H groups in total. The van der Waals surface area contributed by atoms with E-state index >= 15 is 0 Å². The first-order chi connectivity index (χ1) is 10.5. The van der Waals surface area contributed by atoms with E-state index in [-0.39, 0.29) is 24.5 Å². The topological polar surface area (TPSA) is 53.0 Å². The van der Waals surface area contributed by atoms with Gasteiger partial charge in [-0.25, -0.2) is 0 Å². The van der Waals surface area contributed by atoms with Gasteiger partial charge in [0.25, 0.3) is 0 Å². The number of methoxy groups -OCH3 is 1. The van der Waals surface area contributed by atoms with Crippen LogP contribution in [0.3, 0.4) is 0 Å². The van der Waals surface area contributed by atoms with E-state index in [4.69, 9.17) is 4.74 Å². The quantitative estimate of drug-likeness (QED) is 0.826. The number of aliphatic hydroxyl groups excluding tert-OH is 1. The number of aliphatic hydroxyl groups is 1. The molecule has 3 aliphatic rings. The van der Waals surface area contributed by atoms with Crippen molar-refractivity contribution in [2.45, 2.75) is 44.6 Å². The Balaban J connectivity index is 1.64. The Hall–Kier alpha value is -0.650. The largest absolute Gasteiger partial charge is 0.394 e. The first kappa shape index (κ1) is 16.2. The van der Waals surface area contributed by atoms with Crippen LogP contribution in [0.25, 0.3) is 0 Å². The number of carbonyl (C=O) groups excluding carboxylic acids is 1. The van der Waals surface area contributed by atoms with E-state index in [1.54, 1.807) is 7.11 Å². The number of hydrogen-bond acceptors (Lipinski definition) is 4. The molecule has 5 nitrogen and oxygen atoms in total. The summed E-state index contributed by atoms with van der Waals surface area (Å²) in [7, 11) is 1.55. The van der Waals surface area contributed by atoms with Gasteiger partial charge in [0.2, 0.25) is 5.91 Å². The lowest BCUT2D eigenvalue weighted by molar-refractivity contribution is -0.140. The average molecular weight is 310 g/mol. The summed E-state index contributed by atoms with van der Waals surface area (Å²) in [5.41, 5.74) is -0.227. The highest BCUT2D eigenvalue weighted by atomic mass is 16.5. The summed E-state index contributed by atoms with van der Waals surface area (Å²) >= 11 is 0. The van der Waals surface area contributed by atoms with Gasteiger partial charge >= 0.3 is 0 Å². The third kappa shape index (κ3) is 3.17. The predicted octanol–water partition coefficient (Wildman–Crippen LogP) is 1.11. The molecular weight excluding hydrogens is 280 g/mol. The Morgan fingerprint density at radius 3 is 2.55 bits per heavy atom. The van der Waals surface area contributed by atoms with E-state index in [9.17, 15) is 9.90 Å². The standard InChI is InChI=1S/C17H30N2O3/c1-16(13-20)11-17(12-19(16)15(21)10-22-2)5-7-18(8-6-17)9-14-3-4-14/h14,20H,3-13H2,1-2H3/t16-/m0/s1. The molecule has 3 fully saturated rings. The predicted molar refractivity (Wildman–Crippen MR) is 84.5 cm³/mol. The number of ether oxygens (including phenoxy) is 1. The first-order valence-electron chi connectivity index (χ1n) is 8.63. The van der Waals surface area contributed by atoms with Gasteiger partial charge in [0.15, 0.2) is 0 Å². The summed E-state index contributed by atoms with van der Waals surface area (Å²) in [6, 6.07) is 0. The molecule has 3 rings (SSSR count). The zero-order valence-electron chi connectivity index (χ0n) is 14.0. The minimum absolute atomic E-state index is 0.0105. The smallest absolute Gasteiger partial charge is 0.249 e. The molecule has 1 spiro atoms. The van der Waals surface area contributed by atoms with Crippen molar-refractivity contribution >= 4 is 5.91 Å². The highest BCUT2D eigenvalue weighted by Gasteiger charge is 2.52. The Kier molecular flexibility index (Phi) is 4.49. The Bertz CT molecular complexity index is 416. The molecule has 0 aromatic heterocycles. The van der Waals surface area contributed by atoms with Crippen LogP contribution < -0.4 is 0 Å². The lowest BCUT2D eigenvalue weighted by Crippen LogP contribution is -2.49. The summed E-state index contributed by atoms with van der Waals surface area (Å²) in [6.07, 6.45) is 6.02. The molecular formula is C17H30N2O3. The van der Waals surface area contributed by atoms with Crippen molar-refractivity contribution in [1.82, 2.24) is 9.80 Å². The second kappa shape index (κ2) is 6.10. The van der Waals surface area contributed by atoms with Crippen LogP contribution >= 0.6 is 0 Å². The van der Waals surface area contributed by atoms with Gasteiger partial charge in [0.05, 0.1) is 12.1 Å². The van der Waals surface area contributed by atoms with Crippen molar-refractivity contribution in [3.05, 3.63) is 0 Å². The lowest BCUT2D eigenvalue weighted by Gasteiger charge is -2.39. The highest BCUT2D eigenvalue weighted by Crippen LogP contribution is 2.48. The second-order valence-electron chi connectivity index (χ2n) is 7.99. The Labute approximate surface area is 133 Å². The minimum Gasteiger partial charge on any atom is -0.394 e. The van der Waals surface area contributed by atoms with Crippen molar-refractivity contribution < 1.29 is 14.6 Å². The van der Waals surface area contributed by atoms with Gasteiger partial charge in [0.1, 0.15) is 6.61 Å². The molecule has 2 saturated heterocycles. The van der Waals surface area contributed by atoms with E-state index in [1.807, 2.05) is 11.8 Å². The maximum Gasteiger partial charge on any atom is 0.249 e. The Morgan fingerprint density at radius 1 is 1.32 bits per heavy atom. The number of likely N-dealkylation sites (tertiary alicyclic amines) is 2. The molecule has 0 unspecified atom stereocenters. The van der Waals surface area contributed by atoms with Gasteiger partial charge in [-0.2, -0.15) is 0 Å². The number of amides is 1. The SMILES string of the molecule is COCC(=O)N1CC2(CCN(CC3CC3)CC2)C[C@@]1(C)CO. The fourth-order valence-electron chi connectivity index (χ4n) is 4.43. The Morgan fingerprint density at radius 2 is 2.00 bits per heavy atom. The van der Waals surface area contributed by atoms with Gasteiger partial charge in [-0.3, -0.25) is 4.79 Å². The van der Waals surface area contributed by atoms with E-state index in [0.29, 0.717) is 0 Å². The lowest BCUT2D eigenvalue weighted by atomic mass is 9.74. The maximum absolute atomic E-state index is 12.3. The summed E-state index contributed by atoms with van der Waals surface area (Å²) in [4.78, 5) is 16.8. The molecule has 1 saturated carbocycles. The molecule has 1 aliphatic carbocycles. The maximum atomic E-state index is 12.3. The molecule has 22 heavy (non-hydrogen) atoms. The third-order valence-electron chi connectivity index (χ3n) is 5.94. The van der Waals surface area contributed by atoms with Crippen molar-refractivity contribution in [2.24, 2.45) is 11.3 Å². The summed E-state index contributed by atoms with van der Waals surface area (Å²) in [5.74, 6) is 0.955. The summed E-state index contributed by atoms with van der Waals surface area (Å²) in [5, 5.41) is 9.86. The molecule has 1 atom stereocenters. The number of piperidine rings is 1. The third-order valence-corrected chi connectivity index (χ3v) is 5.94. The molecule has 2 heterocycles. The highest BCUT2D eigenvalue weighted by molar-refractivity contribution is 5.78. The molecule has 0 aromatic rings. The molecule has 5 heteroatoms. The van der Waals surface area contributed by atoms with Crippen LogP contribution in [0.4, 0.5) is 0 Å². The van der Waals surface area contributed by atoms with Crippen LogP contribution in [0.5, 0.6) is 0 Å². The summed E-state index contributed by atoms with van der Waals surface area (Å²) in [6.45, 7) is 6.50. The first-order valence-corrected chi connectivity index (χ1v) is 8.63. The zero-order valence-corrected chi connectivity index (χ0v) is 14.0. The van der Waals surface area contributed by atoms with Gasteiger partial charge in [-0.05, 0) is 63.5 Å². The van der Waals surface area contributed by atoms with Gasteiger partial charge in [-0.1, -0.05) is 0 Å². The number of carbonyl (C=O) groups is 1. The molecule has 2 aliphatic heterocycles. The molecule has 0 bridgehead atoms. The van der Waals surface area contributed by atoms with E-state index < -0.39 is 5.54 Å². The fourth-order valence-corrected chi connectivity index (χ4v) is 4.43. The van der Waals surface area contributed by atoms with E-state index in [1.165, 1.54) is 19.4 Å². The van der Waals surface area contributed by atoms with Gasteiger partial charge in [-0.15, -0.1) is 0 Å². The van der Waals surface area contributed by atoms with E-state index in [2.05, 4.69) is 4.90 Å². The van der Waals surface area contributed by atoms with Crippen LogP contribution in [0.15, 0.2) is 0 Å². The van der Waals surface area contributed by atoms with Crippen LogP contribution in [0.2, 0.25) is 0 Å². The van der Waals surface area contributed by atoms with Crippen LogP contribution in [-0.2, 0) is 9.53 Å². The van der Waals surface area contributed by atoms with Crippen molar-refractivity contribution in [3.63, 3.8) is 0 Å². The fraction of sp³-hybridized carbons (Fsp3) is 0.941. The summed E-state index contributed by atoms with van der Waals surface area (Å²) < 4.78 is 5.02. The second-order valence-corrected chi connectivity index (χ2v) is 7.99.